The molecular formula is C16H16O2S. The van der Waals surface area contributed by atoms with Crippen LogP contribution in [0.3, 0.4) is 0 Å². The predicted molar refractivity (Wildman–Crippen MR) is 77.2 cm³/mol. The summed E-state index contributed by atoms with van der Waals surface area (Å²) in [6.45, 7) is 0.741. The number of thiophene rings is 1. The summed E-state index contributed by atoms with van der Waals surface area (Å²) in [5.74, 6) is 1.18. The Morgan fingerprint density at radius 1 is 1.32 bits per heavy atom. The SMILES string of the molecule is O=C(CCCc1cccs1)c1ccc2c(c1)CCO2. The third-order valence-corrected chi connectivity index (χ3v) is 4.35. The Morgan fingerprint density at radius 2 is 2.26 bits per heavy atom. The maximum atomic E-state index is 12.1. The molecule has 1 aromatic carbocycles. The van der Waals surface area contributed by atoms with Crippen LogP contribution in [-0.4, -0.2) is 12.4 Å². The zero-order valence-corrected chi connectivity index (χ0v) is 11.5. The molecule has 0 saturated carbocycles. The molecule has 1 aliphatic heterocycles. The van der Waals surface area contributed by atoms with Crippen molar-refractivity contribution >= 4 is 17.1 Å². The standard InChI is InChI=1S/C16H16O2S/c17-15(5-1-3-14-4-2-10-19-14)12-6-7-16-13(11-12)8-9-18-16/h2,4,6-7,10-11H,1,3,5,8-9H2. The zero-order valence-electron chi connectivity index (χ0n) is 10.7. The van der Waals surface area contributed by atoms with E-state index in [0.717, 1.165) is 37.2 Å². The van der Waals surface area contributed by atoms with Crippen LogP contribution >= 0.6 is 11.3 Å². The summed E-state index contributed by atoms with van der Waals surface area (Å²) in [6, 6.07) is 9.99. The number of Topliss-reactive ketones (excluding diaryl/α,β-unsaturated/α-hetero) is 1. The molecule has 0 bridgehead atoms. The van der Waals surface area contributed by atoms with Crippen molar-refractivity contribution in [3.8, 4) is 5.75 Å². The maximum Gasteiger partial charge on any atom is 0.162 e. The Kier molecular flexibility index (Phi) is 3.65. The Labute approximate surface area is 117 Å². The topological polar surface area (TPSA) is 26.3 Å². The molecule has 2 heterocycles. The highest BCUT2D eigenvalue weighted by molar-refractivity contribution is 7.09. The van der Waals surface area contributed by atoms with Gasteiger partial charge in [0.15, 0.2) is 5.78 Å². The van der Waals surface area contributed by atoms with Crippen molar-refractivity contribution in [2.24, 2.45) is 0 Å². The van der Waals surface area contributed by atoms with Gasteiger partial charge in [0.05, 0.1) is 6.61 Å². The number of carbonyl (C=O) groups is 1. The summed E-state index contributed by atoms with van der Waals surface area (Å²) in [4.78, 5) is 13.5. The van der Waals surface area contributed by atoms with Crippen molar-refractivity contribution in [1.82, 2.24) is 0 Å². The number of hydrogen-bond acceptors (Lipinski definition) is 3. The molecule has 0 saturated heterocycles. The summed E-state index contributed by atoms with van der Waals surface area (Å²) in [5.41, 5.74) is 2.00. The highest BCUT2D eigenvalue weighted by atomic mass is 32.1. The van der Waals surface area contributed by atoms with E-state index in [1.165, 1.54) is 10.4 Å². The van der Waals surface area contributed by atoms with Gasteiger partial charge in [-0.25, -0.2) is 0 Å². The number of aryl methyl sites for hydroxylation is 1. The van der Waals surface area contributed by atoms with Crippen LogP contribution in [0.5, 0.6) is 5.75 Å². The first-order valence-electron chi connectivity index (χ1n) is 6.64. The largest absolute Gasteiger partial charge is 0.493 e. The minimum atomic E-state index is 0.242. The summed E-state index contributed by atoms with van der Waals surface area (Å²) < 4.78 is 5.45. The Balaban J connectivity index is 1.58. The second kappa shape index (κ2) is 5.57. The highest BCUT2D eigenvalue weighted by Crippen LogP contribution is 2.26. The van der Waals surface area contributed by atoms with Crippen LogP contribution in [0.1, 0.15) is 33.6 Å². The van der Waals surface area contributed by atoms with Crippen LogP contribution in [0.15, 0.2) is 35.7 Å². The molecule has 1 aliphatic rings. The molecule has 19 heavy (non-hydrogen) atoms. The minimum Gasteiger partial charge on any atom is -0.493 e. The van der Waals surface area contributed by atoms with Gasteiger partial charge < -0.3 is 4.74 Å². The Bertz CT molecular complexity index is 572. The fourth-order valence-corrected chi connectivity index (χ4v) is 3.13. The summed E-state index contributed by atoms with van der Waals surface area (Å²) in [5, 5.41) is 2.08. The van der Waals surface area contributed by atoms with Crippen molar-refractivity contribution in [3.63, 3.8) is 0 Å². The average Bonchev–Trinajstić information content (AvgIpc) is 3.08. The smallest absolute Gasteiger partial charge is 0.162 e. The lowest BCUT2D eigenvalue weighted by molar-refractivity contribution is 0.0980. The summed E-state index contributed by atoms with van der Waals surface area (Å²) in [7, 11) is 0. The number of benzene rings is 1. The molecular weight excluding hydrogens is 256 g/mol. The van der Waals surface area contributed by atoms with E-state index < -0.39 is 0 Å². The molecule has 0 unspecified atom stereocenters. The van der Waals surface area contributed by atoms with Crippen LogP contribution < -0.4 is 4.74 Å². The van der Waals surface area contributed by atoms with E-state index in [1.807, 2.05) is 18.2 Å². The molecule has 98 valence electrons. The van der Waals surface area contributed by atoms with Gasteiger partial charge in [-0.2, -0.15) is 0 Å². The zero-order chi connectivity index (χ0) is 13.1. The van der Waals surface area contributed by atoms with Crippen molar-refractivity contribution in [1.29, 1.82) is 0 Å². The average molecular weight is 272 g/mol. The molecule has 0 fully saturated rings. The molecule has 3 heteroatoms. The van der Waals surface area contributed by atoms with E-state index in [9.17, 15) is 4.79 Å². The molecule has 0 N–H and O–H groups in total. The first kappa shape index (κ1) is 12.4. The highest BCUT2D eigenvalue weighted by Gasteiger charge is 2.14. The fraction of sp³-hybridized carbons (Fsp3) is 0.312. The monoisotopic (exact) mass is 272 g/mol. The number of hydrogen-bond donors (Lipinski definition) is 0. The molecule has 0 amide bonds. The molecule has 2 nitrogen and oxygen atoms in total. The van der Waals surface area contributed by atoms with Gasteiger partial charge in [0.25, 0.3) is 0 Å². The van der Waals surface area contributed by atoms with Gasteiger partial charge in [-0.1, -0.05) is 6.07 Å². The van der Waals surface area contributed by atoms with Crippen LogP contribution in [0, 0.1) is 0 Å². The van der Waals surface area contributed by atoms with E-state index in [0.29, 0.717) is 6.42 Å². The van der Waals surface area contributed by atoms with Gasteiger partial charge >= 0.3 is 0 Å². The predicted octanol–water partition coefficient (Wildman–Crippen LogP) is 3.89. The second-order valence-corrected chi connectivity index (χ2v) is 5.81. The number of fused-ring (bicyclic) bond motifs is 1. The molecule has 2 aromatic rings. The minimum absolute atomic E-state index is 0.242. The van der Waals surface area contributed by atoms with E-state index in [1.54, 1.807) is 11.3 Å². The molecule has 1 aromatic heterocycles. The lowest BCUT2D eigenvalue weighted by Crippen LogP contribution is -2.00. The van der Waals surface area contributed by atoms with Crippen LogP contribution in [0.2, 0.25) is 0 Å². The Hall–Kier alpha value is -1.61. The van der Waals surface area contributed by atoms with Crippen LogP contribution in [0.25, 0.3) is 0 Å². The lowest BCUT2D eigenvalue weighted by atomic mass is 10.0. The van der Waals surface area contributed by atoms with Crippen LogP contribution in [-0.2, 0) is 12.8 Å². The normalized spacial score (nSPS) is 13.1. The first-order chi connectivity index (χ1) is 9.33. The van der Waals surface area contributed by atoms with Gasteiger partial charge in [0.1, 0.15) is 5.75 Å². The van der Waals surface area contributed by atoms with Crippen molar-refractivity contribution < 1.29 is 9.53 Å². The molecule has 0 atom stereocenters. The maximum absolute atomic E-state index is 12.1. The third kappa shape index (κ3) is 2.87. The number of carbonyl (C=O) groups excluding carboxylic acids is 1. The number of ether oxygens (including phenoxy) is 1. The van der Waals surface area contributed by atoms with Gasteiger partial charge in [-0.05, 0) is 48.1 Å². The molecule has 0 aliphatic carbocycles. The number of ketones is 1. The van der Waals surface area contributed by atoms with Crippen molar-refractivity contribution in [2.75, 3.05) is 6.61 Å². The number of rotatable bonds is 5. The van der Waals surface area contributed by atoms with E-state index in [-0.39, 0.29) is 5.78 Å². The summed E-state index contributed by atoms with van der Waals surface area (Å²) in [6.07, 6.45) is 3.47. The van der Waals surface area contributed by atoms with Gasteiger partial charge in [0.2, 0.25) is 0 Å². The van der Waals surface area contributed by atoms with Crippen LogP contribution in [0.4, 0.5) is 0 Å². The first-order valence-corrected chi connectivity index (χ1v) is 7.52. The van der Waals surface area contributed by atoms with E-state index in [4.69, 9.17) is 4.74 Å². The molecule has 0 radical (unpaired) electrons. The third-order valence-electron chi connectivity index (χ3n) is 3.42. The van der Waals surface area contributed by atoms with E-state index >= 15 is 0 Å². The van der Waals surface area contributed by atoms with Crippen molar-refractivity contribution in [3.05, 3.63) is 51.7 Å². The van der Waals surface area contributed by atoms with Crippen molar-refractivity contribution in [2.45, 2.75) is 25.7 Å². The summed E-state index contributed by atoms with van der Waals surface area (Å²) >= 11 is 1.76. The van der Waals surface area contributed by atoms with Gasteiger partial charge in [-0.15, -0.1) is 11.3 Å². The van der Waals surface area contributed by atoms with E-state index in [2.05, 4.69) is 17.5 Å². The lowest BCUT2D eigenvalue weighted by Gasteiger charge is -2.03. The fourth-order valence-electron chi connectivity index (χ4n) is 2.38. The molecule has 3 rings (SSSR count). The quantitative estimate of drug-likeness (QED) is 0.772. The van der Waals surface area contributed by atoms with Gasteiger partial charge in [-0.3, -0.25) is 4.79 Å². The Morgan fingerprint density at radius 3 is 3.11 bits per heavy atom. The second-order valence-electron chi connectivity index (χ2n) is 4.78. The molecule has 0 spiro atoms. The van der Waals surface area contributed by atoms with Gasteiger partial charge in [0, 0.05) is 23.3 Å².